The minimum atomic E-state index is -3.70. The number of benzene rings is 3. The molecule has 0 saturated carbocycles. The Kier molecular flexibility index (Phi) is 7.06. The van der Waals surface area contributed by atoms with E-state index in [-0.39, 0.29) is 17.2 Å². The maximum Gasteiger partial charge on any atom is 0.241 e. The van der Waals surface area contributed by atoms with Crippen molar-refractivity contribution in [2.45, 2.75) is 18.4 Å². The number of nitrogens with zero attached hydrogens (tertiary/aromatic N) is 1. The van der Waals surface area contributed by atoms with Gasteiger partial charge in [0.05, 0.1) is 23.1 Å². The number of hydrogen-bond acceptors (Lipinski definition) is 7. The van der Waals surface area contributed by atoms with Gasteiger partial charge in [0.25, 0.3) is 0 Å². The zero-order valence-corrected chi connectivity index (χ0v) is 20.2. The van der Waals surface area contributed by atoms with Crippen LogP contribution in [0.5, 0.6) is 5.75 Å². The molecule has 0 amide bonds. The zero-order valence-electron chi connectivity index (χ0n) is 18.6. The molecular weight excluding hydrogens is 470 g/mol. The SMILES string of the molecule is COc1cccc(S(=O)(=O)NCc2cccc(Nc3ncc(C(=O)c4ccccc4C)s3)c2)c1. The monoisotopic (exact) mass is 493 g/mol. The number of carbonyl (C=O) groups excluding carboxylic acids is 1. The molecule has 0 unspecified atom stereocenters. The molecule has 34 heavy (non-hydrogen) atoms. The highest BCUT2D eigenvalue weighted by molar-refractivity contribution is 7.89. The third-order valence-corrected chi connectivity index (χ3v) is 7.43. The molecule has 3 aromatic carbocycles. The smallest absolute Gasteiger partial charge is 0.241 e. The van der Waals surface area contributed by atoms with Gasteiger partial charge in [-0.25, -0.2) is 18.1 Å². The lowest BCUT2D eigenvalue weighted by Crippen LogP contribution is -2.23. The summed E-state index contributed by atoms with van der Waals surface area (Å²) in [6.07, 6.45) is 1.56. The maximum atomic E-state index is 12.8. The minimum absolute atomic E-state index is 0.0654. The summed E-state index contributed by atoms with van der Waals surface area (Å²) in [5.41, 5.74) is 3.08. The van der Waals surface area contributed by atoms with Gasteiger partial charge in [-0.1, -0.05) is 53.8 Å². The van der Waals surface area contributed by atoms with Crippen molar-refractivity contribution in [3.63, 3.8) is 0 Å². The molecule has 1 heterocycles. The van der Waals surface area contributed by atoms with E-state index in [9.17, 15) is 13.2 Å². The van der Waals surface area contributed by atoms with Gasteiger partial charge in [0.1, 0.15) is 5.75 Å². The van der Waals surface area contributed by atoms with Crippen LogP contribution in [0.25, 0.3) is 0 Å². The number of thiazole rings is 1. The van der Waals surface area contributed by atoms with Crippen molar-refractivity contribution in [3.05, 3.63) is 101 Å². The highest BCUT2D eigenvalue weighted by Gasteiger charge is 2.16. The van der Waals surface area contributed by atoms with E-state index in [1.54, 1.807) is 24.4 Å². The van der Waals surface area contributed by atoms with E-state index in [1.165, 1.54) is 30.6 Å². The Morgan fingerprint density at radius 3 is 2.62 bits per heavy atom. The van der Waals surface area contributed by atoms with Crippen LogP contribution in [0.3, 0.4) is 0 Å². The van der Waals surface area contributed by atoms with Crippen molar-refractivity contribution < 1.29 is 17.9 Å². The summed E-state index contributed by atoms with van der Waals surface area (Å²) in [5.74, 6) is 0.405. The molecule has 0 aliphatic carbocycles. The summed E-state index contributed by atoms with van der Waals surface area (Å²) in [7, 11) is -2.21. The molecule has 4 rings (SSSR count). The summed E-state index contributed by atoms with van der Waals surface area (Å²) in [5, 5.41) is 3.77. The van der Waals surface area contributed by atoms with Gasteiger partial charge in [0.15, 0.2) is 5.13 Å². The maximum absolute atomic E-state index is 12.8. The van der Waals surface area contributed by atoms with Crippen LogP contribution in [0, 0.1) is 6.92 Å². The van der Waals surface area contributed by atoms with Gasteiger partial charge in [-0.15, -0.1) is 0 Å². The quantitative estimate of drug-likeness (QED) is 0.322. The van der Waals surface area contributed by atoms with Gasteiger partial charge < -0.3 is 10.1 Å². The Bertz CT molecular complexity index is 1430. The van der Waals surface area contributed by atoms with Gasteiger partial charge in [-0.2, -0.15) is 0 Å². The Labute approximate surface area is 202 Å². The summed E-state index contributed by atoms with van der Waals surface area (Å²) >= 11 is 1.27. The van der Waals surface area contributed by atoms with Crippen molar-refractivity contribution >= 4 is 38.0 Å². The van der Waals surface area contributed by atoms with Crippen LogP contribution in [0.4, 0.5) is 10.8 Å². The molecule has 0 fully saturated rings. The van der Waals surface area contributed by atoms with Crippen molar-refractivity contribution in [2.24, 2.45) is 0 Å². The summed E-state index contributed by atoms with van der Waals surface area (Å²) < 4.78 is 33.0. The van der Waals surface area contributed by atoms with E-state index < -0.39 is 10.0 Å². The van der Waals surface area contributed by atoms with Gasteiger partial charge in [-0.05, 0) is 42.3 Å². The first kappa shape index (κ1) is 23.6. The third-order valence-electron chi connectivity index (χ3n) is 5.12. The second-order valence-corrected chi connectivity index (χ2v) is 10.3. The molecule has 4 aromatic rings. The van der Waals surface area contributed by atoms with Crippen molar-refractivity contribution in [1.82, 2.24) is 9.71 Å². The Balaban J connectivity index is 1.43. The lowest BCUT2D eigenvalue weighted by Gasteiger charge is -2.09. The molecule has 2 N–H and O–H groups in total. The zero-order chi connectivity index (χ0) is 24.1. The van der Waals surface area contributed by atoms with Gasteiger partial charge >= 0.3 is 0 Å². The van der Waals surface area contributed by atoms with Crippen LogP contribution in [-0.2, 0) is 16.6 Å². The lowest BCUT2D eigenvalue weighted by molar-refractivity contribution is 0.104. The summed E-state index contributed by atoms with van der Waals surface area (Å²) in [6.45, 7) is 2.02. The fourth-order valence-corrected chi connectivity index (χ4v) is 5.15. The molecule has 0 saturated heterocycles. The van der Waals surface area contributed by atoms with Gasteiger partial charge in [-0.3, -0.25) is 4.79 Å². The molecule has 9 heteroatoms. The van der Waals surface area contributed by atoms with Gasteiger partial charge in [0.2, 0.25) is 15.8 Å². The van der Waals surface area contributed by atoms with Crippen molar-refractivity contribution in [3.8, 4) is 5.75 Å². The van der Waals surface area contributed by atoms with Crippen LogP contribution in [-0.4, -0.2) is 26.3 Å². The second kappa shape index (κ2) is 10.2. The van der Waals surface area contributed by atoms with Crippen LogP contribution >= 0.6 is 11.3 Å². The molecule has 0 atom stereocenters. The van der Waals surface area contributed by atoms with Crippen LogP contribution in [0.2, 0.25) is 0 Å². The number of aromatic nitrogens is 1. The fraction of sp³-hybridized carbons (Fsp3) is 0.120. The average Bonchev–Trinajstić information content (AvgIpc) is 3.31. The van der Waals surface area contributed by atoms with Crippen LogP contribution < -0.4 is 14.8 Å². The predicted molar refractivity (Wildman–Crippen MR) is 133 cm³/mol. The number of carbonyl (C=O) groups is 1. The summed E-state index contributed by atoms with van der Waals surface area (Å²) in [6, 6.07) is 21.1. The van der Waals surface area contributed by atoms with Crippen LogP contribution in [0.15, 0.2) is 83.9 Å². The van der Waals surface area contributed by atoms with E-state index in [2.05, 4.69) is 15.0 Å². The Hall–Kier alpha value is -3.53. The molecule has 7 nitrogen and oxygen atoms in total. The number of aryl methyl sites for hydroxylation is 1. The molecule has 0 radical (unpaired) electrons. The van der Waals surface area contributed by atoms with Crippen molar-refractivity contribution in [1.29, 1.82) is 0 Å². The second-order valence-electron chi connectivity index (χ2n) is 7.50. The third kappa shape index (κ3) is 5.51. The number of methoxy groups -OCH3 is 1. The first-order valence-corrected chi connectivity index (χ1v) is 12.7. The number of anilines is 2. The normalized spacial score (nSPS) is 11.2. The molecule has 0 aliphatic rings. The van der Waals surface area contributed by atoms with E-state index in [0.717, 1.165) is 16.8 Å². The Morgan fingerprint density at radius 2 is 1.82 bits per heavy atom. The van der Waals surface area contributed by atoms with E-state index in [0.29, 0.717) is 21.3 Å². The topological polar surface area (TPSA) is 97.4 Å². The number of rotatable bonds is 9. The van der Waals surface area contributed by atoms with Crippen molar-refractivity contribution in [2.75, 3.05) is 12.4 Å². The highest BCUT2D eigenvalue weighted by atomic mass is 32.2. The number of ether oxygens (including phenoxy) is 1. The number of sulfonamides is 1. The van der Waals surface area contributed by atoms with Gasteiger partial charge in [0, 0.05) is 23.9 Å². The predicted octanol–water partition coefficient (Wildman–Crippen LogP) is 4.91. The first-order chi connectivity index (χ1) is 16.4. The largest absolute Gasteiger partial charge is 0.497 e. The number of hydrogen-bond donors (Lipinski definition) is 2. The fourth-order valence-electron chi connectivity index (χ4n) is 3.31. The molecule has 0 bridgehead atoms. The average molecular weight is 494 g/mol. The van der Waals surface area contributed by atoms with Crippen LogP contribution in [0.1, 0.15) is 26.4 Å². The molecule has 0 spiro atoms. The summed E-state index contributed by atoms with van der Waals surface area (Å²) in [4.78, 5) is 17.8. The molecule has 174 valence electrons. The lowest BCUT2D eigenvalue weighted by atomic mass is 10.0. The minimum Gasteiger partial charge on any atom is -0.497 e. The highest BCUT2D eigenvalue weighted by Crippen LogP contribution is 2.26. The molecule has 0 aliphatic heterocycles. The first-order valence-electron chi connectivity index (χ1n) is 10.4. The standard InChI is InChI=1S/C25H23N3O4S2/c1-17-7-3-4-12-22(17)24(29)23-16-26-25(33-23)28-19-9-5-8-18(13-19)15-27-34(30,31)21-11-6-10-20(14-21)32-2/h3-14,16,27H,15H2,1-2H3,(H,26,28). The Morgan fingerprint density at radius 1 is 1.03 bits per heavy atom. The molecule has 1 aromatic heterocycles. The number of ketones is 1. The molecular formula is C25H23N3O4S2. The van der Waals surface area contributed by atoms with E-state index >= 15 is 0 Å². The van der Waals surface area contributed by atoms with E-state index in [1.807, 2.05) is 49.4 Å². The van der Waals surface area contributed by atoms with E-state index in [4.69, 9.17) is 4.74 Å². The number of nitrogens with one attached hydrogen (secondary N) is 2.